The molecule has 0 fully saturated rings. The number of esters is 1. The van der Waals surface area contributed by atoms with Crippen molar-refractivity contribution in [1.82, 2.24) is 9.97 Å². The van der Waals surface area contributed by atoms with Gasteiger partial charge in [-0.05, 0) is 73.2 Å². The number of halogens is 2. The number of aromatic nitrogens is 2. The normalized spacial score (nSPS) is 10.3. The van der Waals surface area contributed by atoms with E-state index in [0.29, 0.717) is 41.6 Å². The van der Waals surface area contributed by atoms with Crippen LogP contribution >= 0.6 is 31.9 Å². The van der Waals surface area contributed by atoms with Gasteiger partial charge in [-0.2, -0.15) is 0 Å². The minimum atomic E-state index is -0.967. The first-order valence-electron chi connectivity index (χ1n) is 12.6. The number of carboxylic acid groups (broad SMARTS) is 1. The number of hydrogen-bond donors (Lipinski definition) is 1. The average Bonchev–Trinajstić information content (AvgIpc) is 3.00. The summed E-state index contributed by atoms with van der Waals surface area (Å²) in [5.74, 6) is -0.420. The number of methoxy groups -OCH3 is 3. The van der Waals surface area contributed by atoms with Crippen LogP contribution in [0.15, 0.2) is 81.7 Å². The fourth-order valence-corrected chi connectivity index (χ4v) is 4.42. The molecule has 0 radical (unpaired) electrons. The molecule has 10 heteroatoms. The molecule has 1 N–H and O–H groups in total. The second-order valence-electron chi connectivity index (χ2n) is 8.75. The van der Waals surface area contributed by atoms with Crippen LogP contribution in [-0.2, 0) is 30.4 Å². The van der Waals surface area contributed by atoms with Crippen molar-refractivity contribution in [2.75, 3.05) is 21.3 Å². The van der Waals surface area contributed by atoms with E-state index in [0.717, 1.165) is 27.4 Å². The van der Waals surface area contributed by atoms with Gasteiger partial charge in [-0.15, -0.1) is 0 Å². The van der Waals surface area contributed by atoms with E-state index in [9.17, 15) is 14.7 Å². The molecule has 0 unspecified atom stereocenters. The molecule has 0 aliphatic carbocycles. The lowest BCUT2D eigenvalue weighted by molar-refractivity contribution is 0.0597. The van der Waals surface area contributed by atoms with Crippen molar-refractivity contribution in [2.45, 2.75) is 25.7 Å². The Kier molecular flexibility index (Phi) is 12.3. The summed E-state index contributed by atoms with van der Waals surface area (Å²) in [6, 6.07) is 22.5. The summed E-state index contributed by atoms with van der Waals surface area (Å²) < 4.78 is 17.0. The summed E-state index contributed by atoms with van der Waals surface area (Å²) in [4.78, 5) is 31.6. The van der Waals surface area contributed by atoms with Gasteiger partial charge in [0, 0.05) is 21.1 Å². The van der Waals surface area contributed by atoms with Crippen LogP contribution in [0.2, 0.25) is 0 Å². The Morgan fingerprint density at radius 2 is 1.05 bits per heavy atom. The molecule has 4 aromatic rings. The van der Waals surface area contributed by atoms with Gasteiger partial charge in [0.15, 0.2) is 0 Å². The standard InChI is InChI=1S/C16H16BrNO3.C15H14BrNO3/c1-20-15-10-8-13(16(19)21-2)14(18-15)9-5-11-3-6-12(17)7-4-11;1-20-14-9-7-12(15(18)19)13(17-14)8-4-10-2-5-11(16)6-3-10/h3-4,6-8,10H,5,9H2,1-2H3;2-3,5-7,9H,4,8H2,1H3,(H,18,19). The van der Waals surface area contributed by atoms with Crippen LogP contribution in [0.4, 0.5) is 0 Å². The maximum absolute atomic E-state index is 11.8. The molecule has 0 bridgehead atoms. The maximum atomic E-state index is 11.8. The van der Waals surface area contributed by atoms with Crippen molar-refractivity contribution < 1.29 is 28.9 Å². The smallest absolute Gasteiger partial charge is 0.339 e. The van der Waals surface area contributed by atoms with Crippen LogP contribution in [-0.4, -0.2) is 48.3 Å². The van der Waals surface area contributed by atoms with Crippen molar-refractivity contribution >= 4 is 43.8 Å². The number of carboxylic acids is 1. The maximum Gasteiger partial charge on any atom is 0.339 e. The summed E-state index contributed by atoms with van der Waals surface area (Å²) >= 11 is 6.79. The Morgan fingerprint density at radius 3 is 1.44 bits per heavy atom. The van der Waals surface area contributed by atoms with Crippen LogP contribution in [0.3, 0.4) is 0 Å². The molecule has 41 heavy (non-hydrogen) atoms. The third-order valence-electron chi connectivity index (χ3n) is 6.08. The largest absolute Gasteiger partial charge is 0.481 e. The fourth-order valence-electron chi connectivity index (χ4n) is 3.89. The monoisotopic (exact) mass is 684 g/mol. The topological polar surface area (TPSA) is 108 Å². The number of benzene rings is 2. The lowest BCUT2D eigenvalue weighted by Gasteiger charge is -2.09. The minimum Gasteiger partial charge on any atom is -0.481 e. The van der Waals surface area contributed by atoms with E-state index < -0.39 is 5.97 Å². The van der Waals surface area contributed by atoms with Gasteiger partial charge < -0.3 is 19.3 Å². The Morgan fingerprint density at radius 1 is 0.634 bits per heavy atom. The molecule has 0 spiro atoms. The highest BCUT2D eigenvalue weighted by Crippen LogP contribution is 2.19. The molecule has 0 aliphatic heterocycles. The minimum absolute atomic E-state index is 0.225. The summed E-state index contributed by atoms with van der Waals surface area (Å²) in [6.07, 6.45) is 2.72. The van der Waals surface area contributed by atoms with Crippen molar-refractivity contribution in [3.8, 4) is 11.8 Å². The second kappa shape index (κ2) is 15.9. The van der Waals surface area contributed by atoms with Gasteiger partial charge in [0.25, 0.3) is 0 Å². The van der Waals surface area contributed by atoms with E-state index in [4.69, 9.17) is 14.2 Å². The fraction of sp³-hybridized carbons (Fsp3) is 0.226. The summed E-state index contributed by atoms with van der Waals surface area (Å²) in [5, 5.41) is 9.18. The zero-order valence-electron chi connectivity index (χ0n) is 22.9. The molecule has 2 aromatic heterocycles. The van der Waals surface area contributed by atoms with Gasteiger partial charge in [-0.25, -0.2) is 19.6 Å². The molecule has 2 heterocycles. The van der Waals surface area contributed by atoms with E-state index in [1.54, 1.807) is 25.3 Å². The Labute approximate surface area is 256 Å². The molecule has 0 saturated carbocycles. The SMILES string of the molecule is COC(=O)c1ccc(OC)nc1CCc1ccc(Br)cc1.COc1ccc(C(=O)O)c(CCc2ccc(Br)cc2)n1. The highest BCUT2D eigenvalue weighted by molar-refractivity contribution is 9.10. The van der Waals surface area contributed by atoms with Crippen LogP contribution in [0.5, 0.6) is 11.8 Å². The third kappa shape index (κ3) is 9.68. The summed E-state index contributed by atoms with van der Waals surface area (Å²) in [5.41, 5.74) is 4.25. The average molecular weight is 686 g/mol. The van der Waals surface area contributed by atoms with E-state index >= 15 is 0 Å². The summed E-state index contributed by atoms with van der Waals surface area (Å²) in [7, 11) is 4.44. The van der Waals surface area contributed by atoms with E-state index in [2.05, 4.69) is 41.8 Å². The van der Waals surface area contributed by atoms with E-state index in [1.807, 2.05) is 48.5 Å². The summed E-state index contributed by atoms with van der Waals surface area (Å²) in [6.45, 7) is 0. The molecule has 2 aromatic carbocycles. The third-order valence-corrected chi connectivity index (χ3v) is 7.14. The van der Waals surface area contributed by atoms with Crippen molar-refractivity contribution in [2.24, 2.45) is 0 Å². The number of carbonyl (C=O) groups excluding carboxylic acids is 1. The number of ether oxygens (including phenoxy) is 3. The van der Waals surface area contributed by atoms with E-state index in [1.165, 1.54) is 25.8 Å². The number of rotatable bonds is 10. The van der Waals surface area contributed by atoms with Crippen molar-refractivity contribution in [3.05, 3.63) is 115 Å². The number of pyridine rings is 2. The molecular weight excluding hydrogens is 656 g/mol. The molecular formula is C31H30Br2N2O6. The van der Waals surface area contributed by atoms with Gasteiger partial charge in [-0.1, -0.05) is 56.1 Å². The molecule has 0 aliphatic rings. The lowest BCUT2D eigenvalue weighted by Crippen LogP contribution is -2.09. The van der Waals surface area contributed by atoms with Crippen LogP contribution in [0.1, 0.15) is 43.2 Å². The van der Waals surface area contributed by atoms with Crippen LogP contribution in [0.25, 0.3) is 0 Å². The zero-order valence-corrected chi connectivity index (χ0v) is 26.1. The first-order valence-corrected chi connectivity index (χ1v) is 14.2. The van der Waals surface area contributed by atoms with Crippen LogP contribution < -0.4 is 9.47 Å². The predicted octanol–water partition coefficient (Wildman–Crippen LogP) is 6.76. The first-order chi connectivity index (χ1) is 19.7. The van der Waals surface area contributed by atoms with Gasteiger partial charge in [0.2, 0.25) is 11.8 Å². The molecule has 4 rings (SSSR count). The lowest BCUT2D eigenvalue weighted by atomic mass is 10.0. The molecule has 0 amide bonds. The Hall–Kier alpha value is -3.76. The zero-order chi connectivity index (χ0) is 29.8. The first kappa shape index (κ1) is 31.8. The van der Waals surface area contributed by atoms with Crippen molar-refractivity contribution in [3.63, 3.8) is 0 Å². The number of aryl methyl sites for hydroxylation is 4. The molecule has 0 saturated heterocycles. The highest BCUT2D eigenvalue weighted by Gasteiger charge is 2.15. The number of aromatic carboxylic acids is 1. The quantitative estimate of drug-likeness (QED) is 0.183. The molecule has 8 nitrogen and oxygen atoms in total. The van der Waals surface area contributed by atoms with E-state index in [-0.39, 0.29) is 11.5 Å². The van der Waals surface area contributed by atoms with Gasteiger partial charge in [0.1, 0.15) is 0 Å². The Balaban J connectivity index is 0.000000226. The second-order valence-corrected chi connectivity index (χ2v) is 10.6. The highest BCUT2D eigenvalue weighted by atomic mass is 79.9. The van der Waals surface area contributed by atoms with Gasteiger partial charge in [-0.3, -0.25) is 0 Å². The molecule has 214 valence electrons. The van der Waals surface area contributed by atoms with Crippen molar-refractivity contribution in [1.29, 1.82) is 0 Å². The van der Waals surface area contributed by atoms with Gasteiger partial charge in [0.05, 0.1) is 43.8 Å². The number of nitrogens with zero attached hydrogens (tertiary/aromatic N) is 2. The number of carbonyl (C=O) groups is 2. The number of hydrogen-bond acceptors (Lipinski definition) is 7. The van der Waals surface area contributed by atoms with Gasteiger partial charge >= 0.3 is 11.9 Å². The molecule has 0 atom stereocenters. The van der Waals surface area contributed by atoms with Crippen LogP contribution in [0, 0.1) is 0 Å². The predicted molar refractivity (Wildman–Crippen MR) is 163 cm³/mol. The Bertz CT molecular complexity index is 1460.